The van der Waals surface area contributed by atoms with Crippen molar-refractivity contribution in [1.29, 1.82) is 0 Å². The minimum Gasteiger partial charge on any atom is -0.355 e. The quantitative estimate of drug-likeness (QED) is 0.879. The molecule has 23 heavy (non-hydrogen) atoms. The summed E-state index contributed by atoms with van der Waals surface area (Å²) >= 11 is 0. The van der Waals surface area contributed by atoms with Crippen LogP contribution in [0.15, 0.2) is 35.1 Å². The van der Waals surface area contributed by atoms with Gasteiger partial charge in [0.15, 0.2) is 11.5 Å². The molecular weight excluding hydrogens is 339 g/mol. The van der Waals surface area contributed by atoms with Crippen LogP contribution in [0.2, 0.25) is 0 Å². The Kier molecular flexibility index (Phi) is 7.48. The van der Waals surface area contributed by atoms with Gasteiger partial charge < -0.3 is 15.6 Å². The normalized spacial score (nSPS) is 20.0. The molecule has 1 amide bonds. The van der Waals surface area contributed by atoms with Crippen molar-refractivity contribution >= 4 is 30.7 Å². The molecule has 8 heteroatoms. The van der Waals surface area contributed by atoms with Crippen LogP contribution in [-0.4, -0.2) is 28.1 Å². The highest BCUT2D eigenvalue weighted by molar-refractivity contribution is 5.93. The predicted molar refractivity (Wildman–Crippen MR) is 91.9 cm³/mol. The van der Waals surface area contributed by atoms with Gasteiger partial charge in [0.2, 0.25) is 0 Å². The lowest BCUT2D eigenvalue weighted by molar-refractivity contribution is 0.0917. The lowest BCUT2D eigenvalue weighted by Gasteiger charge is -2.26. The van der Waals surface area contributed by atoms with E-state index in [-0.39, 0.29) is 42.8 Å². The highest BCUT2D eigenvalue weighted by Gasteiger charge is 2.22. The number of rotatable bonds is 3. The van der Waals surface area contributed by atoms with Crippen molar-refractivity contribution in [1.82, 2.24) is 15.5 Å². The average molecular weight is 359 g/mol. The van der Waals surface area contributed by atoms with E-state index >= 15 is 0 Å². The number of nitrogens with two attached hydrogens (primary N) is 1. The predicted octanol–water partition coefficient (Wildman–Crippen LogP) is 2.58. The van der Waals surface area contributed by atoms with E-state index in [1.165, 1.54) is 0 Å². The maximum absolute atomic E-state index is 12.2. The van der Waals surface area contributed by atoms with Gasteiger partial charge in [-0.05, 0) is 37.8 Å². The Bertz CT molecular complexity index is 613. The van der Waals surface area contributed by atoms with Crippen LogP contribution in [-0.2, 0) is 0 Å². The first-order valence-electron chi connectivity index (χ1n) is 7.16. The number of amides is 1. The van der Waals surface area contributed by atoms with Crippen molar-refractivity contribution in [3.8, 4) is 11.3 Å². The fourth-order valence-corrected chi connectivity index (χ4v) is 2.55. The molecule has 3 N–H and O–H groups in total. The van der Waals surface area contributed by atoms with Gasteiger partial charge in [-0.1, -0.05) is 5.16 Å². The number of nitrogens with one attached hydrogen (secondary N) is 1. The highest BCUT2D eigenvalue weighted by Crippen LogP contribution is 2.20. The standard InChI is InChI=1S/C15H18N4O2.2ClH/c16-11-3-5-12(6-4-11)18-15(20)13-8-14(21-19-13)10-2-1-7-17-9-10;;/h1-2,7-9,11-12H,3-6,16H2,(H,18,20);2*1H. The van der Waals surface area contributed by atoms with Gasteiger partial charge >= 0.3 is 0 Å². The van der Waals surface area contributed by atoms with Crippen molar-refractivity contribution in [3.63, 3.8) is 0 Å². The maximum atomic E-state index is 12.2. The fourth-order valence-electron chi connectivity index (χ4n) is 2.55. The van der Waals surface area contributed by atoms with Gasteiger partial charge in [-0.3, -0.25) is 9.78 Å². The van der Waals surface area contributed by atoms with Crippen molar-refractivity contribution < 1.29 is 9.32 Å². The fraction of sp³-hybridized carbons (Fsp3) is 0.400. The van der Waals surface area contributed by atoms with Crippen LogP contribution in [0.5, 0.6) is 0 Å². The van der Waals surface area contributed by atoms with Gasteiger partial charge in [-0.2, -0.15) is 0 Å². The Morgan fingerprint density at radius 1 is 1.26 bits per heavy atom. The van der Waals surface area contributed by atoms with Crippen LogP contribution in [0.25, 0.3) is 11.3 Å². The Labute approximate surface area is 147 Å². The number of carbonyl (C=O) groups excluding carboxylic acids is 1. The number of pyridine rings is 1. The third kappa shape index (κ3) is 4.92. The zero-order chi connectivity index (χ0) is 14.7. The molecule has 6 nitrogen and oxygen atoms in total. The van der Waals surface area contributed by atoms with Crippen LogP contribution >= 0.6 is 24.8 Å². The number of carbonyl (C=O) groups is 1. The van der Waals surface area contributed by atoms with E-state index < -0.39 is 0 Å². The zero-order valence-corrected chi connectivity index (χ0v) is 14.1. The molecule has 0 spiro atoms. The third-order valence-corrected chi connectivity index (χ3v) is 3.80. The van der Waals surface area contributed by atoms with E-state index in [2.05, 4.69) is 15.5 Å². The number of aromatic nitrogens is 2. The summed E-state index contributed by atoms with van der Waals surface area (Å²) in [5, 5.41) is 6.82. The number of halogens is 2. The summed E-state index contributed by atoms with van der Waals surface area (Å²) in [7, 11) is 0. The van der Waals surface area contributed by atoms with Gasteiger partial charge in [0, 0.05) is 36.1 Å². The molecule has 0 bridgehead atoms. The van der Waals surface area contributed by atoms with Crippen LogP contribution in [0.4, 0.5) is 0 Å². The lowest BCUT2D eigenvalue weighted by Crippen LogP contribution is -2.40. The Balaban J connectivity index is 0.00000132. The molecule has 1 fully saturated rings. The molecule has 0 saturated heterocycles. The van der Waals surface area contributed by atoms with E-state index in [1.807, 2.05) is 12.1 Å². The SMILES string of the molecule is Cl.Cl.NC1CCC(NC(=O)c2cc(-c3cccnc3)on2)CC1. The van der Waals surface area contributed by atoms with Gasteiger partial charge in [0.1, 0.15) is 0 Å². The van der Waals surface area contributed by atoms with Crippen molar-refractivity contribution in [3.05, 3.63) is 36.3 Å². The van der Waals surface area contributed by atoms with Crippen LogP contribution in [0.1, 0.15) is 36.2 Å². The molecule has 0 aromatic carbocycles. The van der Waals surface area contributed by atoms with Crippen LogP contribution in [0, 0.1) is 0 Å². The molecule has 126 valence electrons. The second-order valence-electron chi connectivity index (χ2n) is 5.40. The minimum atomic E-state index is -0.200. The van der Waals surface area contributed by atoms with E-state index in [1.54, 1.807) is 18.5 Å². The minimum absolute atomic E-state index is 0. The Morgan fingerprint density at radius 2 is 2.00 bits per heavy atom. The average Bonchev–Trinajstić information content (AvgIpc) is 3.00. The van der Waals surface area contributed by atoms with Gasteiger partial charge in [0.25, 0.3) is 5.91 Å². The van der Waals surface area contributed by atoms with E-state index in [4.69, 9.17) is 10.3 Å². The van der Waals surface area contributed by atoms with E-state index in [9.17, 15) is 4.79 Å². The summed E-state index contributed by atoms with van der Waals surface area (Å²) in [5.74, 6) is 0.341. The molecule has 1 aliphatic carbocycles. The third-order valence-electron chi connectivity index (χ3n) is 3.80. The first-order valence-corrected chi connectivity index (χ1v) is 7.16. The molecule has 2 heterocycles. The summed E-state index contributed by atoms with van der Waals surface area (Å²) in [4.78, 5) is 16.2. The number of hydrogen-bond acceptors (Lipinski definition) is 5. The molecule has 0 radical (unpaired) electrons. The number of hydrogen-bond donors (Lipinski definition) is 2. The number of nitrogens with zero attached hydrogens (tertiary/aromatic N) is 2. The molecule has 1 saturated carbocycles. The second-order valence-corrected chi connectivity index (χ2v) is 5.40. The molecule has 1 aliphatic rings. The molecule has 2 aromatic rings. The van der Waals surface area contributed by atoms with Crippen molar-refractivity contribution in [2.45, 2.75) is 37.8 Å². The van der Waals surface area contributed by atoms with Gasteiger partial charge in [-0.15, -0.1) is 24.8 Å². The molecule has 0 atom stereocenters. The van der Waals surface area contributed by atoms with Gasteiger partial charge in [0.05, 0.1) is 0 Å². The first kappa shape index (κ1) is 19.4. The molecule has 3 rings (SSSR count). The summed E-state index contributed by atoms with van der Waals surface area (Å²) in [6, 6.07) is 5.75. The second kappa shape index (κ2) is 8.86. The smallest absolute Gasteiger partial charge is 0.273 e. The van der Waals surface area contributed by atoms with Crippen molar-refractivity contribution in [2.24, 2.45) is 5.73 Å². The maximum Gasteiger partial charge on any atom is 0.273 e. The summed E-state index contributed by atoms with van der Waals surface area (Å²) in [6.45, 7) is 0. The summed E-state index contributed by atoms with van der Waals surface area (Å²) < 4.78 is 5.21. The van der Waals surface area contributed by atoms with Crippen molar-refractivity contribution in [2.75, 3.05) is 0 Å². The largest absolute Gasteiger partial charge is 0.355 e. The van der Waals surface area contributed by atoms with E-state index in [0.717, 1.165) is 31.2 Å². The summed E-state index contributed by atoms with van der Waals surface area (Å²) in [5.41, 5.74) is 6.95. The molecule has 0 aliphatic heterocycles. The van der Waals surface area contributed by atoms with E-state index in [0.29, 0.717) is 11.5 Å². The topological polar surface area (TPSA) is 94.0 Å². The molecule has 2 aromatic heterocycles. The lowest BCUT2D eigenvalue weighted by atomic mass is 9.92. The molecular formula is C15H20Cl2N4O2. The Morgan fingerprint density at radius 3 is 2.65 bits per heavy atom. The summed E-state index contributed by atoms with van der Waals surface area (Å²) in [6.07, 6.45) is 7.09. The van der Waals surface area contributed by atoms with Gasteiger partial charge in [-0.25, -0.2) is 0 Å². The zero-order valence-electron chi connectivity index (χ0n) is 12.5. The monoisotopic (exact) mass is 358 g/mol. The molecule has 0 unspecified atom stereocenters. The van der Waals surface area contributed by atoms with Crippen LogP contribution < -0.4 is 11.1 Å². The Hall–Kier alpha value is -1.63. The van der Waals surface area contributed by atoms with Crippen LogP contribution in [0.3, 0.4) is 0 Å². The first-order chi connectivity index (χ1) is 10.2. The highest BCUT2D eigenvalue weighted by atomic mass is 35.5.